The molecule has 0 heterocycles. The fraction of sp³-hybridized carbons (Fsp3) is 0.544. The maximum absolute atomic E-state index is 12.8. The molecule has 0 aromatic rings. The smallest absolute Gasteiger partial charge is 0.306 e. The van der Waals surface area contributed by atoms with Crippen LogP contribution in [0.4, 0.5) is 0 Å². The SMILES string of the molecule is CC/C=C\C/C=C\C/C=C\C/C=C\C/C=C\C/C=C\CCC(=O)OCC(COC(=O)CCCCCCC/C=C\C=C/CCCCCCCCC)OC(=O)CC/C=C\C/C=C\C/C=C\C/C=C\C/C=C\C/C=C\CC. The molecule has 0 rings (SSSR count). The summed E-state index contributed by atoms with van der Waals surface area (Å²) >= 11 is 0. The lowest BCUT2D eigenvalue weighted by molar-refractivity contribution is -0.166. The molecule has 0 aliphatic heterocycles. The lowest BCUT2D eigenvalue weighted by atomic mass is 10.1. The van der Waals surface area contributed by atoms with Gasteiger partial charge in [0.25, 0.3) is 0 Å². The van der Waals surface area contributed by atoms with Crippen molar-refractivity contribution in [1.82, 2.24) is 0 Å². The van der Waals surface area contributed by atoms with E-state index in [-0.39, 0.29) is 38.0 Å². The summed E-state index contributed by atoms with van der Waals surface area (Å²) in [5.74, 6) is -1.14. The van der Waals surface area contributed by atoms with Gasteiger partial charge >= 0.3 is 17.9 Å². The van der Waals surface area contributed by atoms with Gasteiger partial charge in [-0.2, -0.15) is 0 Å². The lowest BCUT2D eigenvalue weighted by Gasteiger charge is -2.18. The summed E-state index contributed by atoms with van der Waals surface area (Å²) in [5.41, 5.74) is 0. The fourth-order valence-corrected chi connectivity index (χ4v) is 7.19. The molecule has 6 heteroatoms. The highest BCUT2D eigenvalue weighted by Gasteiger charge is 2.19. The van der Waals surface area contributed by atoms with Gasteiger partial charge in [0, 0.05) is 19.3 Å². The van der Waals surface area contributed by atoms with Gasteiger partial charge in [0.15, 0.2) is 6.10 Å². The third kappa shape index (κ3) is 57.7. The zero-order valence-corrected chi connectivity index (χ0v) is 47.0. The van der Waals surface area contributed by atoms with Crippen LogP contribution in [0.3, 0.4) is 0 Å². The minimum absolute atomic E-state index is 0.148. The van der Waals surface area contributed by atoms with Crippen molar-refractivity contribution in [3.05, 3.63) is 170 Å². The van der Waals surface area contributed by atoms with E-state index in [9.17, 15) is 14.4 Å². The van der Waals surface area contributed by atoms with Crippen molar-refractivity contribution >= 4 is 17.9 Å². The predicted molar refractivity (Wildman–Crippen MR) is 320 cm³/mol. The second-order valence-electron chi connectivity index (χ2n) is 18.5. The Bertz CT molecular complexity index is 1740. The first kappa shape index (κ1) is 68.8. The van der Waals surface area contributed by atoms with Gasteiger partial charge in [-0.15, -0.1) is 0 Å². The Balaban J connectivity index is 4.68. The Morgan fingerprint density at radius 3 is 0.959 bits per heavy atom. The van der Waals surface area contributed by atoms with Crippen molar-refractivity contribution < 1.29 is 28.6 Å². The summed E-state index contributed by atoms with van der Waals surface area (Å²) in [6.07, 6.45) is 89.4. The number of esters is 3. The van der Waals surface area contributed by atoms with Gasteiger partial charge in [0.05, 0.1) is 0 Å². The number of hydrogen-bond acceptors (Lipinski definition) is 6. The average molecular weight is 1020 g/mol. The van der Waals surface area contributed by atoms with Crippen molar-refractivity contribution in [1.29, 1.82) is 0 Å². The molecule has 0 saturated carbocycles. The van der Waals surface area contributed by atoms with E-state index in [2.05, 4.69) is 167 Å². The topological polar surface area (TPSA) is 78.9 Å². The summed E-state index contributed by atoms with van der Waals surface area (Å²) < 4.78 is 16.7. The number of allylic oxidation sites excluding steroid dienone is 28. The van der Waals surface area contributed by atoms with Crippen molar-refractivity contribution in [3.63, 3.8) is 0 Å². The van der Waals surface area contributed by atoms with E-state index in [1.54, 1.807) is 0 Å². The summed E-state index contributed by atoms with van der Waals surface area (Å²) in [6, 6.07) is 0. The average Bonchev–Trinajstić information content (AvgIpc) is 3.40. The van der Waals surface area contributed by atoms with Gasteiger partial charge in [0.1, 0.15) is 13.2 Å². The second-order valence-corrected chi connectivity index (χ2v) is 18.5. The number of carbonyl (C=O) groups excluding carboxylic acids is 3. The van der Waals surface area contributed by atoms with E-state index in [0.29, 0.717) is 19.3 Å². The summed E-state index contributed by atoms with van der Waals surface area (Å²) in [7, 11) is 0. The second kappa shape index (κ2) is 60.3. The van der Waals surface area contributed by atoms with Crippen LogP contribution in [0.2, 0.25) is 0 Å². The molecule has 0 aliphatic carbocycles. The Morgan fingerprint density at radius 1 is 0.297 bits per heavy atom. The highest BCUT2D eigenvalue weighted by atomic mass is 16.6. The molecule has 1 unspecified atom stereocenters. The molecule has 0 aliphatic rings. The van der Waals surface area contributed by atoms with Crippen LogP contribution in [0.1, 0.15) is 220 Å². The first-order chi connectivity index (χ1) is 36.5. The zero-order chi connectivity index (χ0) is 53.6. The highest BCUT2D eigenvalue weighted by molar-refractivity contribution is 5.71. The molecule has 412 valence electrons. The fourth-order valence-electron chi connectivity index (χ4n) is 7.19. The molecule has 0 saturated heterocycles. The molecule has 0 fully saturated rings. The molecular formula is C68H104O6. The van der Waals surface area contributed by atoms with Gasteiger partial charge in [0.2, 0.25) is 0 Å². The van der Waals surface area contributed by atoms with Gasteiger partial charge in [-0.25, -0.2) is 0 Å². The third-order valence-corrected chi connectivity index (χ3v) is 11.5. The summed E-state index contributed by atoms with van der Waals surface area (Å²) in [5, 5.41) is 0. The van der Waals surface area contributed by atoms with E-state index in [0.717, 1.165) is 122 Å². The van der Waals surface area contributed by atoms with Crippen LogP contribution >= 0.6 is 0 Å². The molecule has 0 radical (unpaired) electrons. The Morgan fingerprint density at radius 2 is 0.595 bits per heavy atom. The number of rotatable bonds is 50. The van der Waals surface area contributed by atoms with Crippen molar-refractivity contribution in [2.75, 3.05) is 13.2 Å². The lowest BCUT2D eigenvalue weighted by Crippen LogP contribution is -2.30. The molecule has 1 atom stereocenters. The van der Waals surface area contributed by atoms with Gasteiger partial charge in [-0.1, -0.05) is 249 Å². The molecule has 0 N–H and O–H groups in total. The minimum Gasteiger partial charge on any atom is -0.462 e. The van der Waals surface area contributed by atoms with Crippen molar-refractivity contribution in [2.24, 2.45) is 0 Å². The quantitative estimate of drug-likeness (QED) is 0.0199. The van der Waals surface area contributed by atoms with E-state index >= 15 is 0 Å². The number of unbranched alkanes of at least 4 members (excludes halogenated alkanes) is 12. The van der Waals surface area contributed by atoms with Crippen molar-refractivity contribution in [2.45, 2.75) is 226 Å². The van der Waals surface area contributed by atoms with E-state index in [1.165, 1.54) is 44.9 Å². The van der Waals surface area contributed by atoms with Crippen LogP contribution in [-0.2, 0) is 28.6 Å². The standard InChI is InChI=1S/C68H104O6/c1-4-7-10-13-16-19-22-25-28-31-34-37-40-43-46-49-52-55-58-61-67(70)73-64-65(63-72-66(69)60-57-54-51-48-45-42-39-36-33-30-27-24-21-18-15-12-9-6-3)74-68(71)62-59-56-53-50-47-44-41-38-35-32-29-26-23-20-17-14-11-8-5-2/h7-8,10-11,16-17,19-20,25-26,28-30,33-39,43-44,46-47,52-53,55-56,65H,4-6,9,12-15,18,21-24,27,31-32,40-42,45,48-51,54,57-64H2,1-3H3/b10-7-,11-8-,19-16-,20-17-,28-25-,29-26-,33-30-,37-34-,38-35-,39-36-,46-43-,47-44-,55-52-,56-53-. The number of hydrogen-bond donors (Lipinski definition) is 0. The van der Waals surface area contributed by atoms with Crippen molar-refractivity contribution in [3.8, 4) is 0 Å². The maximum atomic E-state index is 12.8. The maximum Gasteiger partial charge on any atom is 0.306 e. The van der Waals surface area contributed by atoms with Crippen LogP contribution in [0, 0.1) is 0 Å². The first-order valence-electron chi connectivity index (χ1n) is 29.2. The Kier molecular flexibility index (Phi) is 56.1. The van der Waals surface area contributed by atoms with E-state index in [1.807, 2.05) is 24.3 Å². The molecule has 0 aromatic heterocycles. The first-order valence-corrected chi connectivity index (χ1v) is 29.2. The molecule has 0 bridgehead atoms. The highest BCUT2D eigenvalue weighted by Crippen LogP contribution is 2.12. The van der Waals surface area contributed by atoms with Crippen LogP contribution in [0.15, 0.2) is 170 Å². The van der Waals surface area contributed by atoms with Gasteiger partial charge in [-0.3, -0.25) is 14.4 Å². The largest absolute Gasteiger partial charge is 0.462 e. The van der Waals surface area contributed by atoms with Gasteiger partial charge < -0.3 is 14.2 Å². The Hall–Kier alpha value is -5.23. The van der Waals surface area contributed by atoms with E-state index in [4.69, 9.17) is 14.2 Å². The van der Waals surface area contributed by atoms with Crippen LogP contribution in [0.25, 0.3) is 0 Å². The molecule has 6 nitrogen and oxygen atoms in total. The minimum atomic E-state index is -0.866. The van der Waals surface area contributed by atoms with Crippen LogP contribution < -0.4 is 0 Å². The van der Waals surface area contributed by atoms with Crippen LogP contribution in [0.5, 0.6) is 0 Å². The molecular weight excluding hydrogens is 913 g/mol. The predicted octanol–water partition coefficient (Wildman–Crippen LogP) is 19.9. The third-order valence-electron chi connectivity index (χ3n) is 11.5. The Labute approximate surface area is 453 Å². The molecule has 74 heavy (non-hydrogen) atoms. The number of ether oxygens (including phenoxy) is 3. The van der Waals surface area contributed by atoms with Crippen LogP contribution in [-0.4, -0.2) is 37.2 Å². The van der Waals surface area contributed by atoms with E-state index < -0.39 is 12.1 Å². The normalized spacial score (nSPS) is 13.4. The summed E-state index contributed by atoms with van der Waals surface area (Å²) in [4.78, 5) is 38.1. The van der Waals surface area contributed by atoms with Gasteiger partial charge in [-0.05, 0) is 122 Å². The summed E-state index contributed by atoms with van der Waals surface area (Å²) in [6.45, 7) is 6.25. The number of carbonyl (C=O) groups is 3. The monoisotopic (exact) mass is 1020 g/mol. The zero-order valence-electron chi connectivity index (χ0n) is 47.0. The molecule has 0 aromatic carbocycles. The molecule has 0 amide bonds. The molecule has 0 spiro atoms.